The van der Waals surface area contributed by atoms with E-state index in [0.717, 1.165) is 18.6 Å². The molecule has 2 aromatic rings. The number of nitrogens with one attached hydrogen (secondary N) is 1. The summed E-state index contributed by atoms with van der Waals surface area (Å²) in [6, 6.07) is 8.76. The lowest BCUT2D eigenvalue weighted by atomic mass is 10.0. The summed E-state index contributed by atoms with van der Waals surface area (Å²) in [6.45, 7) is 3.74. The molecule has 2 aromatic carbocycles. The highest BCUT2D eigenvalue weighted by Crippen LogP contribution is 2.18. The molecule has 0 saturated carbocycles. The largest absolute Gasteiger partial charge is 0.489 e. The van der Waals surface area contributed by atoms with Crippen LogP contribution in [0.2, 0.25) is 0 Å². The molecule has 3 atom stereocenters. The first-order chi connectivity index (χ1) is 14.2. The molecule has 0 aliphatic rings. The van der Waals surface area contributed by atoms with Crippen molar-refractivity contribution >= 4 is 24.5 Å². The van der Waals surface area contributed by atoms with Crippen molar-refractivity contribution in [3.63, 3.8) is 0 Å². The Morgan fingerprint density at radius 1 is 1.17 bits per heavy atom. The molecule has 0 aromatic heterocycles. The number of rotatable bonds is 10. The van der Waals surface area contributed by atoms with Crippen LogP contribution >= 0.6 is 12.6 Å². The summed E-state index contributed by atoms with van der Waals surface area (Å²) in [6.07, 6.45) is 0.845. The SMILES string of the molecule is CC[C@@H](C)[C@H](S)C(=O)N[C@@H](Cc1ccc(OCc2ccc(F)cc2F)cc1)C(=O)O. The quantitative estimate of drug-likeness (QED) is 0.491. The summed E-state index contributed by atoms with van der Waals surface area (Å²) in [7, 11) is 0. The van der Waals surface area contributed by atoms with Crippen LogP contribution in [-0.4, -0.2) is 28.3 Å². The summed E-state index contributed by atoms with van der Waals surface area (Å²) < 4.78 is 32.1. The number of carboxylic acids is 1. The van der Waals surface area contributed by atoms with E-state index in [1.54, 1.807) is 24.3 Å². The van der Waals surface area contributed by atoms with Gasteiger partial charge < -0.3 is 15.2 Å². The first-order valence-electron chi connectivity index (χ1n) is 9.58. The number of hydrogen-bond acceptors (Lipinski definition) is 4. The second-order valence-corrected chi connectivity index (χ2v) is 7.66. The predicted octanol–water partition coefficient (Wildman–Crippen LogP) is 4.00. The lowest BCUT2D eigenvalue weighted by molar-refractivity contribution is -0.141. The van der Waals surface area contributed by atoms with Crippen LogP contribution in [-0.2, 0) is 22.6 Å². The molecule has 0 heterocycles. The van der Waals surface area contributed by atoms with E-state index in [2.05, 4.69) is 17.9 Å². The Morgan fingerprint density at radius 2 is 1.83 bits per heavy atom. The van der Waals surface area contributed by atoms with Crippen molar-refractivity contribution in [2.45, 2.75) is 44.6 Å². The molecule has 30 heavy (non-hydrogen) atoms. The zero-order valence-electron chi connectivity index (χ0n) is 16.8. The van der Waals surface area contributed by atoms with Crippen molar-refractivity contribution < 1.29 is 28.2 Å². The fraction of sp³-hybridized carbons (Fsp3) is 0.364. The van der Waals surface area contributed by atoms with Gasteiger partial charge in [-0.3, -0.25) is 4.79 Å². The molecule has 162 valence electrons. The summed E-state index contributed by atoms with van der Waals surface area (Å²) in [5, 5.41) is 11.4. The van der Waals surface area contributed by atoms with E-state index in [1.807, 2.05) is 13.8 Å². The highest BCUT2D eigenvalue weighted by atomic mass is 32.1. The Kier molecular flexibility index (Phi) is 8.65. The van der Waals surface area contributed by atoms with Gasteiger partial charge >= 0.3 is 5.97 Å². The molecule has 2 rings (SSSR count). The van der Waals surface area contributed by atoms with Crippen LogP contribution in [0.4, 0.5) is 8.78 Å². The number of benzene rings is 2. The van der Waals surface area contributed by atoms with Crippen molar-refractivity contribution in [3.05, 3.63) is 65.2 Å². The molecule has 0 bridgehead atoms. The van der Waals surface area contributed by atoms with Crippen molar-refractivity contribution in [3.8, 4) is 5.75 Å². The maximum absolute atomic E-state index is 13.7. The van der Waals surface area contributed by atoms with E-state index in [9.17, 15) is 23.5 Å². The first kappa shape index (κ1) is 23.7. The van der Waals surface area contributed by atoms with Crippen LogP contribution in [0, 0.1) is 17.6 Å². The van der Waals surface area contributed by atoms with E-state index in [4.69, 9.17) is 4.74 Å². The van der Waals surface area contributed by atoms with Gasteiger partial charge in [0, 0.05) is 18.1 Å². The second kappa shape index (κ2) is 11.0. The van der Waals surface area contributed by atoms with E-state index in [-0.39, 0.29) is 24.5 Å². The maximum Gasteiger partial charge on any atom is 0.326 e. The molecule has 0 saturated heterocycles. The van der Waals surface area contributed by atoms with Crippen molar-refractivity contribution in [2.75, 3.05) is 0 Å². The normalized spacial score (nSPS) is 13.9. The van der Waals surface area contributed by atoms with Crippen LogP contribution in [0.25, 0.3) is 0 Å². The minimum atomic E-state index is -1.14. The highest BCUT2D eigenvalue weighted by molar-refractivity contribution is 7.81. The van der Waals surface area contributed by atoms with Crippen molar-refractivity contribution in [1.82, 2.24) is 5.32 Å². The Labute approximate surface area is 179 Å². The fourth-order valence-electron chi connectivity index (χ4n) is 2.70. The monoisotopic (exact) mass is 437 g/mol. The molecule has 0 fully saturated rings. The minimum absolute atomic E-state index is 0.0187. The third kappa shape index (κ3) is 6.73. The number of hydrogen-bond donors (Lipinski definition) is 3. The summed E-state index contributed by atoms with van der Waals surface area (Å²) >= 11 is 4.28. The highest BCUT2D eigenvalue weighted by Gasteiger charge is 2.26. The number of ether oxygens (including phenoxy) is 1. The molecule has 8 heteroatoms. The van der Waals surface area contributed by atoms with Crippen LogP contribution in [0.15, 0.2) is 42.5 Å². The van der Waals surface area contributed by atoms with Gasteiger partial charge in [0.1, 0.15) is 30.0 Å². The molecule has 0 radical (unpaired) electrons. The fourth-order valence-corrected chi connectivity index (χ4v) is 2.98. The zero-order valence-corrected chi connectivity index (χ0v) is 17.7. The first-order valence-corrected chi connectivity index (χ1v) is 10.1. The molecule has 0 unspecified atom stereocenters. The van der Waals surface area contributed by atoms with Crippen LogP contribution in [0.5, 0.6) is 5.75 Å². The summed E-state index contributed by atoms with van der Waals surface area (Å²) in [5.74, 6) is -2.43. The van der Waals surface area contributed by atoms with Gasteiger partial charge in [0.05, 0.1) is 5.25 Å². The Hall–Kier alpha value is -2.61. The molecule has 0 aliphatic heterocycles. The smallest absolute Gasteiger partial charge is 0.326 e. The lowest BCUT2D eigenvalue weighted by Gasteiger charge is -2.21. The number of halogens is 2. The Bertz CT molecular complexity index is 876. The average Bonchev–Trinajstić information content (AvgIpc) is 2.72. The third-order valence-corrected chi connectivity index (χ3v) is 5.58. The zero-order chi connectivity index (χ0) is 22.3. The molecule has 1 amide bonds. The van der Waals surface area contributed by atoms with Crippen LogP contribution < -0.4 is 10.1 Å². The number of aliphatic carboxylic acids is 1. The van der Waals surface area contributed by atoms with Crippen LogP contribution in [0.3, 0.4) is 0 Å². The third-order valence-electron chi connectivity index (χ3n) is 4.84. The second-order valence-electron chi connectivity index (χ2n) is 7.10. The predicted molar refractivity (Wildman–Crippen MR) is 113 cm³/mol. The number of carbonyl (C=O) groups excluding carboxylic acids is 1. The molecular weight excluding hydrogens is 412 g/mol. The van der Waals surface area contributed by atoms with E-state index < -0.39 is 34.8 Å². The van der Waals surface area contributed by atoms with Crippen molar-refractivity contribution in [1.29, 1.82) is 0 Å². The molecule has 2 N–H and O–H groups in total. The summed E-state index contributed by atoms with van der Waals surface area (Å²) in [4.78, 5) is 23.8. The van der Waals surface area contributed by atoms with Gasteiger partial charge in [-0.2, -0.15) is 12.6 Å². The topological polar surface area (TPSA) is 75.6 Å². The van der Waals surface area contributed by atoms with Gasteiger partial charge in [0.25, 0.3) is 0 Å². The molecule has 0 spiro atoms. The van der Waals surface area contributed by atoms with Gasteiger partial charge in [-0.15, -0.1) is 0 Å². The van der Waals surface area contributed by atoms with Crippen LogP contribution in [0.1, 0.15) is 31.4 Å². The van der Waals surface area contributed by atoms with Gasteiger partial charge in [-0.25, -0.2) is 13.6 Å². The maximum atomic E-state index is 13.7. The minimum Gasteiger partial charge on any atom is -0.489 e. The number of carbonyl (C=O) groups is 2. The number of thiol groups is 1. The van der Waals surface area contributed by atoms with E-state index >= 15 is 0 Å². The molecule has 5 nitrogen and oxygen atoms in total. The summed E-state index contributed by atoms with van der Waals surface area (Å²) in [5.41, 5.74) is 0.902. The van der Waals surface area contributed by atoms with Gasteiger partial charge in [0.15, 0.2) is 0 Å². The van der Waals surface area contributed by atoms with E-state index in [0.29, 0.717) is 11.3 Å². The lowest BCUT2D eigenvalue weighted by Crippen LogP contribution is -2.46. The van der Waals surface area contributed by atoms with Gasteiger partial charge in [0.2, 0.25) is 5.91 Å². The van der Waals surface area contributed by atoms with E-state index in [1.165, 1.54) is 6.07 Å². The van der Waals surface area contributed by atoms with Crippen molar-refractivity contribution in [2.24, 2.45) is 5.92 Å². The number of amides is 1. The average molecular weight is 438 g/mol. The molecule has 0 aliphatic carbocycles. The van der Waals surface area contributed by atoms with Gasteiger partial charge in [-0.1, -0.05) is 32.4 Å². The van der Waals surface area contributed by atoms with Gasteiger partial charge in [-0.05, 0) is 35.7 Å². The number of carboxylic acid groups (broad SMARTS) is 1. The Morgan fingerprint density at radius 3 is 2.40 bits per heavy atom. The Balaban J connectivity index is 1.96. The standard InChI is InChI=1S/C22H25F2NO4S/c1-3-13(2)20(30)21(26)25-19(22(27)28)10-14-4-8-17(9-5-14)29-12-15-6-7-16(23)11-18(15)24/h4-9,11,13,19-20,30H,3,10,12H2,1-2H3,(H,25,26)(H,27,28)/t13-,19+,20+/m1/s1. The molecular formula is C22H25F2NO4S.